The monoisotopic (exact) mass is 249 g/mol. The van der Waals surface area contributed by atoms with Crippen molar-refractivity contribution in [2.24, 2.45) is 5.73 Å². The van der Waals surface area contributed by atoms with E-state index in [4.69, 9.17) is 10.5 Å². The molecule has 1 aliphatic rings. The van der Waals surface area contributed by atoms with Crippen LogP contribution in [-0.2, 0) is 4.74 Å². The third kappa shape index (κ3) is 2.68. The molecule has 0 radical (unpaired) electrons. The van der Waals surface area contributed by atoms with Crippen LogP contribution >= 0.6 is 0 Å². The maximum absolute atomic E-state index is 11.4. The zero-order valence-corrected chi connectivity index (χ0v) is 10.6. The van der Waals surface area contributed by atoms with Crippen molar-refractivity contribution in [3.8, 4) is 0 Å². The Kier molecular flexibility index (Phi) is 4.28. The molecule has 2 unspecified atom stereocenters. The zero-order chi connectivity index (χ0) is 13.0. The van der Waals surface area contributed by atoms with Crippen LogP contribution in [0.1, 0.15) is 35.3 Å². The van der Waals surface area contributed by atoms with Crippen LogP contribution in [0.25, 0.3) is 0 Å². The second-order valence-electron chi connectivity index (χ2n) is 4.43. The number of hydrogen-bond acceptors (Lipinski definition) is 4. The second-order valence-corrected chi connectivity index (χ2v) is 4.43. The average Bonchev–Trinajstić information content (AvgIpc) is 2.41. The van der Waals surface area contributed by atoms with Crippen molar-refractivity contribution in [3.63, 3.8) is 0 Å². The molecule has 0 spiro atoms. The molecule has 98 valence electrons. The minimum atomic E-state index is -0.479. The number of primary amides is 1. The van der Waals surface area contributed by atoms with Crippen LogP contribution in [0.2, 0.25) is 0 Å². The summed E-state index contributed by atoms with van der Waals surface area (Å²) in [4.78, 5) is 15.5. The van der Waals surface area contributed by atoms with Gasteiger partial charge in [0, 0.05) is 25.2 Å². The largest absolute Gasteiger partial charge is 0.375 e. The minimum absolute atomic E-state index is 0.0750. The molecule has 5 heteroatoms. The SMILES string of the molecule is CCC(c1cccnc1C(N)=O)C1CNCCO1. The van der Waals surface area contributed by atoms with Crippen LogP contribution in [0.5, 0.6) is 0 Å². The fourth-order valence-electron chi connectivity index (χ4n) is 2.45. The van der Waals surface area contributed by atoms with Crippen LogP contribution in [0, 0.1) is 0 Å². The van der Waals surface area contributed by atoms with Gasteiger partial charge in [0.1, 0.15) is 5.69 Å². The van der Waals surface area contributed by atoms with Crippen molar-refractivity contribution < 1.29 is 9.53 Å². The summed E-state index contributed by atoms with van der Waals surface area (Å²) < 4.78 is 5.78. The molecular formula is C13H19N3O2. The Bertz CT molecular complexity index is 416. The second kappa shape index (κ2) is 5.93. The van der Waals surface area contributed by atoms with Gasteiger partial charge in [-0.2, -0.15) is 0 Å². The van der Waals surface area contributed by atoms with Crippen LogP contribution in [0.15, 0.2) is 18.3 Å². The van der Waals surface area contributed by atoms with E-state index in [1.807, 2.05) is 12.1 Å². The number of rotatable bonds is 4. The van der Waals surface area contributed by atoms with Gasteiger partial charge < -0.3 is 15.8 Å². The van der Waals surface area contributed by atoms with Gasteiger partial charge in [0.25, 0.3) is 5.91 Å². The van der Waals surface area contributed by atoms with Gasteiger partial charge in [0.15, 0.2) is 0 Å². The van der Waals surface area contributed by atoms with Crippen molar-refractivity contribution in [1.82, 2.24) is 10.3 Å². The third-order valence-electron chi connectivity index (χ3n) is 3.32. The Balaban J connectivity index is 2.28. The van der Waals surface area contributed by atoms with Gasteiger partial charge in [-0.15, -0.1) is 0 Å². The smallest absolute Gasteiger partial charge is 0.267 e. The number of nitrogens with zero attached hydrogens (tertiary/aromatic N) is 1. The Morgan fingerprint density at radius 3 is 3.17 bits per heavy atom. The van der Waals surface area contributed by atoms with Crippen molar-refractivity contribution in [2.45, 2.75) is 25.4 Å². The van der Waals surface area contributed by atoms with Crippen molar-refractivity contribution in [3.05, 3.63) is 29.6 Å². The number of pyridine rings is 1. The lowest BCUT2D eigenvalue weighted by Gasteiger charge is -2.31. The predicted octanol–water partition coefficient (Wildman–Crippen LogP) is 0.662. The van der Waals surface area contributed by atoms with Crippen LogP contribution in [-0.4, -0.2) is 36.7 Å². The standard InChI is InChI=1S/C13H19N3O2/c1-2-9(11-8-15-6-7-18-11)10-4-3-5-16-12(10)13(14)17/h3-5,9,11,15H,2,6-8H2,1H3,(H2,14,17). The molecule has 1 saturated heterocycles. The number of morpholine rings is 1. The molecule has 3 N–H and O–H groups in total. The molecule has 0 aromatic carbocycles. The van der Waals surface area contributed by atoms with E-state index in [1.54, 1.807) is 6.20 Å². The molecule has 18 heavy (non-hydrogen) atoms. The maximum Gasteiger partial charge on any atom is 0.267 e. The molecule has 2 heterocycles. The number of ether oxygens (including phenoxy) is 1. The van der Waals surface area contributed by atoms with E-state index in [9.17, 15) is 4.79 Å². The summed E-state index contributed by atoms with van der Waals surface area (Å²) in [6, 6.07) is 3.75. The molecular weight excluding hydrogens is 230 g/mol. The summed E-state index contributed by atoms with van der Waals surface area (Å²) in [6.45, 7) is 4.46. The number of aromatic nitrogens is 1. The number of nitrogens with one attached hydrogen (secondary N) is 1. The molecule has 5 nitrogen and oxygen atoms in total. The summed E-state index contributed by atoms with van der Waals surface area (Å²) >= 11 is 0. The number of carbonyl (C=O) groups excluding carboxylic acids is 1. The predicted molar refractivity (Wildman–Crippen MR) is 68.4 cm³/mol. The molecule has 0 saturated carbocycles. The molecule has 1 aliphatic heterocycles. The third-order valence-corrected chi connectivity index (χ3v) is 3.32. The molecule has 2 atom stereocenters. The van der Waals surface area contributed by atoms with Crippen LogP contribution < -0.4 is 11.1 Å². The highest BCUT2D eigenvalue weighted by Crippen LogP contribution is 2.27. The summed E-state index contributed by atoms with van der Waals surface area (Å²) in [5, 5.41) is 3.31. The first kappa shape index (κ1) is 13.0. The fraction of sp³-hybridized carbons (Fsp3) is 0.538. The lowest BCUT2D eigenvalue weighted by Crippen LogP contribution is -2.42. The highest BCUT2D eigenvalue weighted by atomic mass is 16.5. The number of amides is 1. The van der Waals surface area contributed by atoms with Gasteiger partial charge in [0.2, 0.25) is 0 Å². The van der Waals surface area contributed by atoms with Gasteiger partial charge in [-0.25, -0.2) is 0 Å². The molecule has 1 aromatic rings. The van der Waals surface area contributed by atoms with Gasteiger partial charge in [-0.1, -0.05) is 13.0 Å². The summed E-state index contributed by atoms with van der Waals surface area (Å²) in [5.74, 6) is -0.332. The topological polar surface area (TPSA) is 77.2 Å². The van der Waals surface area contributed by atoms with Crippen molar-refractivity contribution in [1.29, 1.82) is 0 Å². The highest BCUT2D eigenvalue weighted by molar-refractivity contribution is 5.92. The Labute approximate surface area is 107 Å². The van der Waals surface area contributed by atoms with Gasteiger partial charge in [0.05, 0.1) is 12.7 Å². The Morgan fingerprint density at radius 1 is 1.72 bits per heavy atom. The van der Waals surface area contributed by atoms with E-state index in [0.717, 1.165) is 25.1 Å². The maximum atomic E-state index is 11.4. The van der Waals surface area contributed by atoms with Crippen molar-refractivity contribution in [2.75, 3.05) is 19.7 Å². The van der Waals surface area contributed by atoms with Gasteiger partial charge in [-0.3, -0.25) is 9.78 Å². The van der Waals surface area contributed by atoms with Crippen LogP contribution in [0.4, 0.5) is 0 Å². The molecule has 0 bridgehead atoms. The van der Waals surface area contributed by atoms with E-state index in [1.165, 1.54) is 0 Å². The van der Waals surface area contributed by atoms with E-state index in [0.29, 0.717) is 12.3 Å². The molecule has 1 aromatic heterocycles. The normalized spacial score (nSPS) is 21.5. The first-order chi connectivity index (χ1) is 8.74. The first-order valence-electron chi connectivity index (χ1n) is 6.31. The zero-order valence-electron chi connectivity index (χ0n) is 10.6. The van der Waals surface area contributed by atoms with Crippen molar-refractivity contribution >= 4 is 5.91 Å². The lowest BCUT2D eigenvalue weighted by atomic mass is 9.89. The number of carbonyl (C=O) groups is 1. The quantitative estimate of drug-likeness (QED) is 0.822. The van der Waals surface area contributed by atoms with E-state index < -0.39 is 5.91 Å². The Hall–Kier alpha value is -1.46. The lowest BCUT2D eigenvalue weighted by molar-refractivity contribution is 0.0100. The Morgan fingerprint density at radius 2 is 2.56 bits per heavy atom. The molecule has 1 fully saturated rings. The number of hydrogen-bond donors (Lipinski definition) is 2. The summed E-state index contributed by atoms with van der Waals surface area (Å²) in [5.41, 5.74) is 6.63. The summed E-state index contributed by atoms with van der Waals surface area (Å²) in [6.07, 6.45) is 2.56. The fourth-order valence-corrected chi connectivity index (χ4v) is 2.45. The van der Waals surface area contributed by atoms with Gasteiger partial charge in [-0.05, 0) is 18.1 Å². The molecule has 2 rings (SSSR count). The van der Waals surface area contributed by atoms with Gasteiger partial charge >= 0.3 is 0 Å². The molecule has 1 amide bonds. The first-order valence-corrected chi connectivity index (χ1v) is 6.31. The highest BCUT2D eigenvalue weighted by Gasteiger charge is 2.27. The minimum Gasteiger partial charge on any atom is -0.375 e. The average molecular weight is 249 g/mol. The van der Waals surface area contributed by atoms with E-state index in [-0.39, 0.29) is 12.0 Å². The number of nitrogens with two attached hydrogens (primary N) is 1. The van der Waals surface area contributed by atoms with Crippen LogP contribution in [0.3, 0.4) is 0 Å². The summed E-state index contributed by atoms with van der Waals surface area (Å²) in [7, 11) is 0. The van der Waals surface area contributed by atoms with E-state index >= 15 is 0 Å². The van der Waals surface area contributed by atoms with E-state index in [2.05, 4.69) is 17.2 Å². The molecule has 0 aliphatic carbocycles.